The van der Waals surface area contributed by atoms with E-state index in [1.807, 2.05) is 0 Å². The lowest BCUT2D eigenvalue weighted by Gasteiger charge is -2.09. The molecule has 0 aliphatic heterocycles. The lowest BCUT2D eigenvalue weighted by Crippen LogP contribution is -1.96. The average molecular weight is 321 g/mol. The second kappa shape index (κ2) is 6.46. The van der Waals surface area contributed by atoms with Crippen LogP contribution in [0.25, 0.3) is 0 Å². The van der Waals surface area contributed by atoms with Crippen LogP contribution in [0.5, 0.6) is 5.75 Å². The maximum Gasteiger partial charge on any atom is 0.335 e. The van der Waals surface area contributed by atoms with Gasteiger partial charge in [-0.25, -0.2) is 4.79 Å². The van der Waals surface area contributed by atoms with E-state index in [9.17, 15) is 25.1 Å². The van der Waals surface area contributed by atoms with Crippen LogP contribution in [-0.2, 0) is 6.61 Å². The number of benzene rings is 2. The number of phenolic OH excluding ortho intramolecular Hbond substituents is 1. The van der Waals surface area contributed by atoms with Crippen LogP contribution in [0.3, 0.4) is 0 Å². The van der Waals surface area contributed by atoms with Crippen molar-refractivity contribution in [2.75, 3.05) is 0 Å². The Morgan fingerprint density at radius 3 is 2.50 bits per heavy atom. The average Bonchev–Trinajstić information content (AvgIpc) is 2.49. The van der Waals surface area contributed by atoms with Gasteiger partial charge in [0.25, 0.3) is 5.69 Å². The summed E-state index contributed by atoms with van der Waals surface area (Å²) in [7, 11) is 0. The number of hydrogen-bond donors (Lipinski definition) is 3. The Kier molecular flexibility index (Phi) is 4.64. The van der Waals surface area contributed by atoms with Crippen LogP contribution in [-0.4, -0.2) is 26.2 Å². The predicted octanol–water partition coefficient (Wildman–Crippen LogP) is 2.64. The van der Waals surface area contributed by atoms with E-state index in [1.54, 1.807) is 0 Å². The number of carbonyl (C=O) groups is 1. The minimum absolute atomic E-state index is 0.00719. The molecular formula is C14H11NO6S. The highest BCUT2D eigenvalue weighted by Gasteiger charge is 2.14. The fraction of sp³-hybridized carbons (Fsp3) is 0.0714. The van der Waals surface area contributed by atoms with Crippen molar-refractivity contribution in [3.63, 3.8) is 0 Å². The third kappa shape index (κ3) is 3.35. The molecule has 0 bridgehead atoms. The smallest absolute Gasteiger partial charge is 0.335 e. The monoisotopic (exact) mass is 321 g/mol. The summed E-state index contributed by atoms with van der Waals surface area (Å²) < 4.78 is 0. The third-order valence-corrected chi connectivity index (χ3v) is 4.02. The maximum absolute atomic E-state index is 11.0. The number of nitro benzene ring substituents is 1. The summed E-state index contributed by atoms with van der Waals surface area (Å²) in [5, 5.41) is 38.8. The Morgan fingerprint density at radius 1 is 1.18 bits per heavy atom. The number of phenols is 1. The maximum atomic E-state index is 11.0. The van der Waals surface area contributed by atoms with Crippen LogP contribution in [0.1, 0.15) is 15.9 Å². The molecule has 0 spiro atoms. The molecule has 7 nitrogen and oxygen atoms in total. The molecule has 2 rings (SSSR count). The predicted molar refractivity (Wildman–Crippen MR) is 78.2 cm³/mol. The van der Waals surface area contributed by atoms with Crippen molar-refractivity contribution < 1.29 is 25.0 Å². The molecule has 0 aliphatic rings. The molecular weight excluding hydrogens is 310 g/mol. The molecule has 0 heterocycles. The van der Waals surface area contributed by atoms with Crippen molar-refractivity contribution in [1.29, 1.82) is 0 Å². The second-order valence-corrected chi connectivity index (χ2v) is 5.38. The van der Waals surface area contributed by atoms with Gasteiger partial charge in [-0.3, -0.25) is 10.1 Å². The summed E-state index contributed by atoms with van der Waals surface area (Å²) >= 11 is 1.02. The second-order valence-electron chi connectivity index (χ2n) is 4.30. The molecule has 114 valence electrons. The number of non-ortho nitro benzene ring substituents is 1. The van der Waals surface area contributed by atoms with Crippen molar-refractivity contribution in [2.24, 2.45) is 0 Å². The fourth-order valence-corrected chi connectivity index (χ4v) is 2.74. The van der Waals surface area contributed by atoms with Gasteiger partial charge in [0.2, 0.25) is 0 Å². The van der Waals surface area contributed by atoms with Gasteiger partial charge >= 0.3 is 5.97 Å². The van der Waals surface area contributed by atoms with Crippen molar-refractivity contribution in [3.05, 3.63) is 57.6 Å². The van der Waals surface area contributed by atoms with Gasteiger partial charge in [-0.1, -0.05) is 11.8 Å². The number of nitro groups is 1. The molecule has 2 aromatic rings. The lowest BCUT2D eigenvalue weighted by molar-refractivity contribution is -0.385. The van der Waals surface area contributed by atoms with Crippen LogP contribution < -0.4 is 0 Å². The number of aromatic carboxylic acids is 1. The lowest BCUT2D eigenvalue weighted by atomic mass is 10.2. The van der Waals surface area contributed by atoms with Gasteiger partial charge in [0.15, 0.2) is 0 Å². The van der Waals surface area contributed by atoms with Gasteiger partial charge in [0.1, 0.15) is 5.75 Å². The van der Waals surface area contributed by atoms with E-state index < -0.39 is 17.5 Å². The summed E-state index contributed by atoms with van der Waals surface area (Å²) in [4.78, 5) is 21.9. The van der Waals surface area contributed by atoms with Crippen LogP contribution >= 0.6 is 11.8 Å². The summed E-state index contributed by atoms with van der Waals surface area (Å²) in [6, 6.07) is 7.78. The molecule has 2 aromatic carbocycles. The van der Waals surface area contributed by atoms with Crippen LogP contribution in [0.15, 0.2) is 46.2 Å². The van der Waals surface area contributed by atoms with Crippen LogP contribution in [0.4, 0.5) is 5.69 Å². The first-order valence-electron chi connectivity index (χ1n) is 6.04. The molecule has 0 aromatic heterocycles. The summed E-state index contributed by atoms with van der Waals surface area (Å²) in [5.74, 6) is -1.25. The molecule has 0 unspecified atom stereocenters. The Hall–Kier alpha value is -2.58. The topological polar surface area (TPSA) is 121 Å². The quantitative estimate of drug-likeness (QED) is 0.571. The van der Waals surface area contributed by atoms with E-state index in [0.717, 1.165) is 11.8 Å². The normalized spacial score (nSPS) is 10.4. The zero-order chi connectivity index (χ0) is 16.3. The highest BCUT2D eigenvalue weighted by Crippen LogP contribution is 2.37. The van der Waals surface area contributed by atoms with Gasteiger partial charge in [-0.05, 0) is 29.8 Å². The Morgan fingerprint density at radius 2 is 1.91 bits per heavy atom. The van der Waals surface area contributed by atoms with E-state index in [2.05, 4.69) is 0 Å². The molecule has 0 saturated heterocycles. The van der Waals surface area contributed by atoms with Crippen LogP contribution in [0, 0.1) is 10.1 Å². The number of hydrogen-bond acceptors (Lipinski definition) is 6. The minimum Gasteiger partial charge on any atom is -0.507 e. The summed E-state index contributed by atoms with van der Waals surface area (Å²) in [5.41, 5.74) is 0.170. The number of aliphatic hydroxyl groups is 1. The third-order valence-electron chi connectivity index (χ3n) is 2.85. The standard InChI is InChI=1S/C14H11NO6S/c16-7-9-5-10(15(20)21)2-4-12(9)22-13-6-8(14(18)19)1-3-11(13)17/h1-6,16-17H,7H2,(H,18,19). The Bertz CT molecular complexity index is 746. The largest absolute Gasteiger partial charge is 0.507 e. The highest BCUT2D eigenvalue weighted by atomic mass is 32.2. The molecule has 8 heteroatoms. The van der Waals surface area contributed by atoms with E-state index in [1.165, 1.54) is 36.4 Å². The van der Waals surface area contributed by atoms with E-state index in [0.29, 0.717) is 10.5 Å². The number of nitrogens with zero attached hydrogens (tertiary/aromatic N) is 1. The highest BCUT2D eigenvalue weighted by molar-refractivity contribution is 7.99. The summed E-state index contributed by atoms with van der Waals surface area (Å²) in [6.07, 6.45) is 0. The van der Waals surface area contributed by atoms with Gasteiger partial charge < -0.3 is 15.3 Å². The Balaban J connectivity index is 2.40. The molecule has 0 radical (unpaired) electrons. The first kappa shape index (κ1) is 15.8. The molecule has 0 fully saturated rings. The van der Waals surface area contributed by atoms with Crippen LogP contribution in [0.2, 0.25) is 0 Å². The number of carboxylic acids is 1. The molecule has 22 heavy (non-hydrogen) atoms. The molecule has 3 N–H and O–H groups in total. The van der Waals surface area contributed by atoms with Crippen molar-refractivity contribution in [2.45, 2.75) is 16.4 Å². The minimum atomic E-state index is -1.13. The van der Waals surface area contributed by atoms with Gasteiger partial charge in [-0.15, -0.1) is 0 Å². The van der Waals surface area contributed by atoms with Crippen molar-refractivity contribution >= 4 is 23.4 Å². The van der Waals surface area contributed by atoms with Crippen molar-refractivity contribution in [1.82, 2.24) is 0 Å². The van der Waals surface area contributed by atoms with Gasteiger partial charge in [0, 0.05) is 17.0 Å². The zero-order valence-corrected chi connectivity index (χ0v) is 11.9. The first-order chi connectivity index (χ1) is 10.4. The molecule has 0 atom stereocenters. The number of aliphatic hydroxyl groups excluding tert-OH is 1. The van der Waals surface area contributed by atoms with E-state index in [4.69, 9.17) is 5.11 Å². The number of carboxylic acid groups (broad SMARTS) is 1. The van der Waals surface area contributed by atoms with Gasteiger partial charge in [0.05, 0.1) is 22.0 Å². The van der Waals surface area contributed by atoms with Gasteiger partial charge in [-0.2, -0.15) is 0 Å². The summed E-state index contributed by atoms with van der Waals surface area (Å²) in [6.45, 7) is -0.413. The zero-order valence-electron chi connectivity index (χ0n) is 11.1. The number of aromatic hydroxyl groups is 1. The Labute approximate surface area is 129 Å². The van der Waals surface area contributed by atoms with E-state index in [-0.39, 0.29) is 21.9 Å². The number of rotatable bonds is 5. The van der Waals surface area contributed by atoms with Crippen molar-refractivity contribution in [3.8, 4) is 5.75 Å². The SMILES string of the molecule is O=C(O)c1ccc(O)c(Sc2ccc([N+](=O)[O-])cc2CO)c1. The first-order valence-corrected chi connectivity index (χ1v) is 6.86. The molecule has 0 amide bonds. The van der Waals surface area contributed by atoms with E-state index >= 15 is 0 Å². The fourth-order valence-electron chi connectivity index (χ4n) is 1.75. The molecule has 0 saturated carbocycles. The molecule has 0 aliphatic carbocycles.